The summed E-state index contributed by atoms with van der Waals surface area (Å²) < 4.78 is 0. The molecule has 2 rings (SSSR count). The Balaban J connectivity index is 2.09. The highest BCUT2D eigenvalue weighted by Gasteiger charge is 2.28. The third-order valence-corrected chi connectivity index (χ3v) is 3.20. The van der Waals surface area contributed by atoms with Gasteiger partial charge in [0, 0.05) is 6.20 Å². The van der Waals surface area contributed by atoms with Gasteiger partial charge in [-0.3, -0.25) is 5.10 Å². The Hall–Kier alpha value is -0.790. The molecule has 1 aromatic heterocycles. The number of nitrogens with one attached hydrogen (secondary N) is 1. The molecule has 1 aliphatic carbocycles. The summed E-state index contributed by atoms with van der Waals surface area (Å²) in [5, 5.41) is 6.92. The predicted molar refractivity (Wildman–Crippen MR) is 53.6 cm³/mol. The van der Waals surface area contributed by atoms with Crippen LogP contribution in [0.15, 0.2) is 12.4 Å². The first-order valence-electron chi connectivity index (χ1n) is 5.16. The first-order valence-corrected chi connectivity index (χ1v) is 5.16. The summed E-state index contributed by atoms with van der Waals surface area (Å²) in [6.45, 7) is 4.75. The minimum absolute atomic E-state index is 0.528. The van der Waals surface area contributed by atoms with Gasteiger partial charge in [-0.15, -0.1) is 0 Å². The van der Waals surface area contributed by atoms with Gasteiger partial charge in [-0.05, 0) is 36.2 Å². The summed E-state index contributed by atoms with van der Waals surface area (Å²) in [6.07, 6.45) is 9.41. The molecule has 1 N–H and O–H groups in total. The number of H-pyrrole nitrogens is 1. The molecule has 0 radical (unpaired) electrons. The highest BCUT2D eigenvalue weighted by atomic mass is 15.1. The minimum atomic E-state index is 0.528. The molecule has 0 spiro atoms. The Morgan fingerprint density at radius 3 is 3.00 bits per heavy atom. The van der Waals surface area contributed by atoms with Crippen LogP contribution in [0.4, 0.5) is 0 Å². The summed E-state index contributed by atoms with van der Waals surface area (Å²) in [4.78, 5) is 0. The molecule has 1 fully saturated rings. The Kier molecular flexibility index (Phi) is 2.14. The molecule has 1 unspecified atom stereocenters. The fourth-order valence-electron chi connectivity index (χ4n) is 2.47. The Morgan fingerprint density at radius 1 is 1.54 bits per heavy atom. The molecule has 1 heterocycles. The molecule has 0 aliphatic heterocycles. The van der Waals surface area contributed by atoms with Gasteiger partial charge in [0.25, 0.3) is 0 Å². The van der Waals surface area contributed by atoms with Gasteiger partial charge in [-0.2, -0.15) is 5.10 Å². The van der Waals surface area contributed by atoms with E-state index < -0.39 is 0 Å². The van der Waals surface area contributed by atoms with Crippen molar-refractivity contribution < 1.29 is 0 Å². The van der Waals surface area contributed by atoms with Gasteiger partial charge in [-0.25, -0.2) is 0 Å². The fraction of sp³-hybridized carbons (Fsp3) is 0.727. The number of aromatic nitrogens is 2. The molecule has 72 valence electrons. The molecule has 2 heteroatoms. The van der Waals surface area contributed by atoms with Crippen molar-refractivity contribution in [2.75, 3.05) is 0 Å². The lowest BCUT2D eigenvalue weighted by molar-refractivity contribution is 0.219. The number of hydrogen-bond donors (Lipinski definition) is 1. The van der Waals surface area contributed by atoms with Crippen LogP contribution in [0.2, 0.25) is 0 Å². The third-order valence-electron chi connectivity index (χ3n) is 3.20. The van der Waals surface area contributed by atoms with Gasteiger partial charge in [0.2, 0.25) is 0 Å². The zero-order valence-corrected chi connectivity index (χ0v) is 8.51. The first-order chi connectivity index (χ1) is 6.17. The maximum absolute atomic E-state index is 4.02. The quantitative estimate of drug-likeness (QED) is 0.703. The number of nitrogens with zero attached hydrogens (tertiary/aromatic N) is 1. The van der Waals surface area contributed by atoms with Crippen LogP contribution in [0.25, 0.3) is 0 Å². The molecule has 1 atom stereocenters. The molecule has 13 heavy (non-hydrogen) atoms. The molecule has 0 aromatic carbocycles. The maximum atomic E-state index is 4.02. The maximum Gasteiger partial charge on any atom is 0.0522 e. The summed E-state index contributed by atoms with van der Waals surface area (Å²) in [5.41, 5.74) is 1.92. The standard InChI is InChI=1S/C11H18N2/c1-11(2)5-3-4-9(6-11)10-7-12-13-8-10/h7-9H,3-6H2,1-2H3,(H,12,13). The summed E-state index contributed by atoms with van der Waals surface area (Å²) >= 11 is 0. The minimum Gasteiger partial charge on any atom is -0.285 e. The van der Waals surface area contributed by atoms with Crippen LogP contribution in [-0.2, 0) is 0 Å². The number of aromatic amines is 1. The SMILES string of the molecule is CC1(C)CCCC(c2cn[nH]c2)C1. The molecular weight excluding hydrogens is 160 g/mol. The van der Waals surface area contributed by atoms with E-state index in [1.54, 1.807) is 0 Å². The average Bonchev–Trinajstić information content (AvgIpc) is 2.53. The lowest BCUT2D eigenvalue weighted by atomic mass is 9.71. The molecular formula is C11H18N2. The van der Waals surface area contributed by atoms with Crippen LogP contribution in [0.5, 0.6) is 0 Å². The Labute approximate surface area is 79.7 Å². The first kappa shape index (κ1) is 8.79. The lowest BCUT2D eigenvalue weighted by Crippen LogP contribution is -2.21. The fourth-order valence-corrected chi connectivity index (χ4v) is 2.47. The van der Waals surface area contributed by atoms with Gasteiger partial charge in [0.1, 0.15) is 0 Å². The van der Waals surface area contributed by atoms with Crippen molar-refractivity contribution in [1.82, 2.24) is 10.2 Å². The monoisotopic (exact) mass is 178 g/mol. The second-order valence-corrected chi connectivity index (χ2v) is 4.99. The molecule has 0 amide bonds. The van der Waals surface area contributed by atoms with Gasteiger partial charge in [0.05, 0.1) is 6.20 Å². The topological polar surface area (TPSA) is 28.7 Å². The van der Waals surface area contributed by atoms with Crippen molar-refractivity contribution in [3.05, 3.63) is 18.0 Å². The summed E-state index contributed by atoms with van der Waals surface area (Å²) in [5.74, 6) is 0.738. The molecule has 1 saturated carbocycles. The van der Waals surface area contributed by atoms with E-state index in [9.17, 15) is 0 Å². The zero-order chi connectivity index (χ0) is 9.31. The largest absolute Gasteiger partial charge is 0.285 e. The van der Waals surface area contributed by atoms with Crippen LogP contribution < -0.4 is 0 Å². The van der Waals surface area contributed by atoms with E-state index in [4.69, 9.17) is 0 Å². The Bertz CT molecular complexity index is 262. The van der Waals surface area contributed by atoms with Gasteiger partial charge < -0.3 is 0 Å². The van der Waals surface area contributed by atoms with Crippen molar-refractivity contribution in [2.45, 2.75) is 45.4 Å². The van der Waals surface area contributed by atoms with Crippen LogP contribution in [0, 0.1) is 5.41 Å². The van der Waals surface area contributed by atoms with E-state index in [-0.39, 0.29) is 0 Å². The number of rotatable bonds is 1. The Morgan fingerprint density at radius 2 is 2.38 bits per heavy atom. The average molecular weight is 178 g/mol. The van der Waals surface area contributed by atoms with Gasteiger partial charge >= 0.3 is 0 Å². The van der Waals surface area contributed by atoms with E-state index in [1.165, 1.54) is 31.2 Å². The molecule has 1 aliphatic rings. The second kappa shape index (κ2) is 3.17. The van der Waals surface area contributed by atoms with E-state index in [0.717, 1.165) is 5.92 Å². The number of hydrogen-bond acceptors (Lipinski definition) is 1. The molecule has 1 aromatic rings. The zero-order valence-electron chi connectivity index (χ0n) is 8.51. The van der Waals surface area contributed by atoms with Crippen LogP contribution >= 0.6 is 0 Å². The third kappa shape index (κ3) is 1.93. The molecule has 2 nitrogen and oxygen atoms in total. The van der Waals surface area contributed by atoms with Crippen molar-refractivity contribution in [1.29, 1.82) is 0 Å². The lowest BCUT2D eigenvalue weighted by Gasteiger charge is -2.34. The van der Waals surface area contributed by atoms with E-state index in [0.29, 0.717) is 5.41 Å². The smallest absolute Gasteiger partial charge is 0.0522 e. The normalized spacial score (nSPS) is 27.4. The molecule has 0 bridgehead atoms. The van der Waals surface area contributed by atoms with Crippen molar-refractivity contribution in [3.8, 4) is 0 Å². The second-order valence-electron chi connectivity index (χ2n) is 4.99. The van der Waals surface area contributed by atoms with Crippen molar-refractivity contribution in [3.63, 3.8) is 0 Å². The summed E-state index contributed by atoms with van der Waals surface area (Å²) in [7, 11) is 0. The van der Waals surface area contributed by atoms with Gasteiger partial charge in [-0.1, -0.05) is 20.3 Å². The van der Waals surface area contributed by atoms with Gasteiger partial charge in [0.15, 0.2) is 0 Å². The van der Waals surface area contributed by atoms with Crippen LogP contribution in [0.1, 0.15) is 51.0 Å². The van der Waals surface area contributed by atoms with Crippen LogP contribution in [0.3, 0.4) is 0 Å². The van der Waals surface area contributed by atoms with E-state index >= 15 is 0 Å². The summed E-state index contributed by atoms with van der Waals surface area (Å²) in [6, 6.07) is 0. The van der Waals surface area contributed by atoms with Crippen molar-refractivity contribution in [2.24, 2.45) is 5.41 Å². The van der Waals surface area contributed by atoms with E-state index in [2.05, 4.69) is 24.0 Å². The van der Waals surface area contributed by atoms with E-state index in [1.807, 2.05) is 12.4 Å². The predicted octanol–water partition coefficient (Wildman–Crippen LogP) is 3.09. The highest BCUT2D eigenvalue weighted by molar-refractivity contribution is 5.12. The van der Waals surface area contributed by atoms with Crippen LogP contribution in [-0.4, -0.2) is 10.2 Å². The highest BCUT2D eigenvalue weighted by Crippen LogP contribution is 2.42. The van der Waals surface area contributed by atoms with Crippen molar-refractivity contribution >= 4 is 0 Å². The molecule has 0 saturated heterocycles.